The van der Waals surface area contributed by atoms with Gasteiger partial charge in [-0.15, -0.1) is 0 Å². The van der Waals surface area contributed by atoms with Crippen molar-refractivity contribution in [3.05, 3.63) is 126 Å². The van der Waals surface area contributed by atoms with Gasteiger partial charge in [-0.1, -0.05) is 91.0 Å². The molecule has 10 nitrogen and oxygen atoms in total. The largest absolute Gasteiger partial charge is 0.381 e. The molecule has 1 unspecified atom stereocenters. The van der Waals surface area contributed by atoms with E-state index in [-0.39, 0.29) is 31.3 Å². The Kier molecular flexibility index (Phi) is 7.99. The fourth-order valence-corrected chi connectivity index (χ4v) is 4.99. The van der Waals surface area contributed by atoms with Crippen LogP contribution in [-0.4, -0.2) is 49.6 Å². The molecule has 0 aliphatic carbocycles. The monoisotopic (exact) mass is 553 g/mol. The number of hydrogen-bond acceptors (Lipinski definition) is 9. The fraction of sp³-hybridized carbons (Fsp3) is 0.258. The normalized spacial score (nSPS) is 22.3. The molecule has 0 amide bonds. The minimum atomic E-state index is -1.99. The Morgan fingerprint density at radius 1 is 0.805 bits per heavy atom. The zero-order valence-corrected chi connectivity index (χ0v) is 22.3. The summed E-state index contributed by atoms with van der Waals surface area (Å²) in [5.41, 5.74) is 9.52. The summed E-state index contributed by atoms with van der Waals surface area (Å²) in [7, 11) is 0. The highest BCUT2D eigenvalue weighted by atomic mass is 16.7. The van der Waals surface area contributed by atoms with Crippen LogP contribution in [0, 0.1) is 0 Å². The lowest BCUT2D eigenvalue weighted by atomic mass is 10.0. The maximum atomic E-state index is 12.3. The van der Waals surface area contributed by atoms with Crippen LogP contribution in [0.5, 0.6) is 0 Å². The molecular weight excluding hydrogens is 522 g/mol. The second kappa shape index (κ2) is 12.1. The zero-order chi connectivity index (χ0) is 28.1. The van der Waals surface area contributed by atoms with E-state index in [0.717, 1.165) is 16.7 Å². The van der Waals surface area contributed by atoms with Crippen molar-refractivity contribution in [1.82, 2.24) is 19.6 Å². The molecular formula is C31H31N5O5. The third kappa shape index (κ3) is 5.83. The van der Waals surface area contributed by atoms with Crippen LogP contribution in [0.25, 0.3) is 5.65 Å². The molecule has 1 saturated heterocycles. The van der Waals surface area contributed by atoms with Crippen LogP contribution < -0.4 is 5.73 Å². The Morgan fingerprint density at radius 3 is 2.02 bits per heavy atom. The summed E-state index contributed by atoms with van der Waals surface area (Å²) in [5.74, 6) is -1.81. The number of nitrogens with two attached hydrogens (primary N) is 1. The highest BCUT2D eigenvalue weighted by molar-refractivity contribution is 5.59. The number of ether oxygens (including phenoxy) is 4. The van der Waals surface area contributed by atoms with Gasteiger partial charge < -0.3 is 29.8 Å². The molecule has 0 saturated carbocycles. The SMILES string of the molecule is Nc1ncnn2c(C3(O)O[C@H](COCc4ccccc4)[C@@H](OCc4ccccc4)[C@H]3OCc3ccccc3)cnc12. The van der Waals surface area contributed by atoms with E-state index in [2.05, 4.69) is 15.1 Å². The van der Waals surface area contributed by atoms with Crippen molar-refractivity contribution in [2.75, 3.05) is 12.3 Å². The smallest absolute Gasteiger partial charge is 0.242 e. The molecule has 0 radical (unpaired) electrons. The molecule has 5 aromatic rings. The van der Waals surface area contributed by atoms with Gasteiger partial charge in [0, 0.05) is 0 Å². The van der Waals surface area contributed by atoms with E-state index in [0.29, 0.717) is 12.3 Å². The Labute approximate surface area is 237 Å². The summed E-state index contributed by atoms with van der Waals surface area (Å²) in [6.07, 6.45) is 0.422. The van der Waals surface area contributed by atoms with Crippen molar-refractivity contribution < 1.29 is 24.1 Å². The number of nitrogens with zero attached hydrogens (tertiary/aromatic N) is 4. The van der Waals surface area contributed by atoms with Crippen molar-refractivity contribution >= 4 is 11.5 Å². The van der Waals surface area contributed by atoms with Crippen LogP contribution in [0.3, 0.4) is 0 Å². The van der Waals surface area contributed by atoms with E-state index in [9.17, 15) is 5.11 Å². The first-order chi connectivity index (χ1) is 20.1. The van der Waals surface area contributed by atoms with Crippen LogP contribution in [0.15, 0.2) is 104 Å². The maximum absolute atomic E-state index is 12.3. The van der Waals surface area contributed by atoms with Gasteiger partial charge >= 0.3 is 0 Å². The molecule has 210 valence electrons. The average Bonchev–Trinajstić information content (AvgIpc) is 3.57. The summed E-state index contributed by atoms with van der Waals surface area (Å²) < 4.78 is 26.8. The lowest BCUT2D eigenvalue weighted by Gasteiger charge is -2.30. The van der Waals surface area contributed by atoms with Crippen LogP contribution in [0.2, 0.25) is 0 Å². The van der Waals surface area contributed by atoms with Gasteiger partial charge in [0.25, 0.3) is 0 Å². The summed E-state index contributed by atoms with van der Waals surface area (Å²) in [5, 5.41) is 16.6. The van der Waals surface area contributed by atoms with Crippen molar-refractivity contribution in [3.8, 4) is 0 Å². The number of nitrogen functional groups attached to an aromatic ring is 1. The van der Waals surface area contributed by atoms with Crippen LogP contribution in [-0.2, 0) is 44.6 Å². The fourth-order valence-electron chi connectivity index (χ4n) is 4.99. The number of imidazole rings is 1. The molecule has 3 aromatic carbocycles. The molecule has 10 heteroatoms. The lowest BCUT2D eigenvalue weighted by Crippen LogP contribution is -2.45. The van der Waals surface area contributed by atoms with Gasteiger partial charge in [0.1, 0.15) is 30.3 Å². The molecule has 0 spiro atoms. The summed E-state index contributed by atoms with van der Waals surface area (Å²) in [4.78, 5) is 8.36. The molecule has 3 heterocycles. The minimum Gasteiger partial charge on any atom is -0.381 e. The van der Waals surface area contributed by atoms with Crippen LogP contribution in [0.1, 0.15) is 22.4 Å². The number of benzene rings is 3. The number of aromatic nitrogens is 4. The quantitative estimate of drug-likeness (QED) is 0.252. The third-order valence-electron chi connectivity index (χ3n) is 7.03. The summed E-state index contributed by atoms with van der Waals surface area (Å²) in [6, 6.07) is 29.4. The van der Waals surface area contributed by atoms with Crippen molar-refractivity contribution in [2.24, 2.45) is 0 Å². The number of hydrogen-bond donors (Lipinski definition) is 2. The first-order valence-electron chi connectivity index (χ1n) is 13.4. The highest BCUT2D eigenvalue weighted by Gasteiger charge is 2.59. The van der Waals surface area contributed by atoms with E-state index >= 15 is 0 Å². The molecule has 41 heavy (non-hydrogen) atoms. The van der Waals surface area contributed by atoms with Crippen LogP contribution >= 0.6 is 0 Å². The van der Waals surface area contributed by atoms with E-state index in [1.165, 1.54) is 17.0 Å². The van der Waals surface area contributed by atoms with Crippen molar-refractivity contribution in [3.63, 3.8) is 0 Å². The van der Waals surface area contributed by atoms with E-state index < -0.39 is 24.1 Å². The molecule has 2 aromatic heterocycles. The Balaban J connectivity index is 1.33. The third-order valence-corrected chi connectivity index (χ3v) is 7.03. The number of rotatable bonds is 11. The number of aliphatic hydroxyl groups is 1. The van der Waals surface area contributed by atoms with Gasteiger partial charge in [-0.3, -0.25) is 0 Å². The van der Waals surface area contributed by atoms with Crippen LogP contribution in [0.4, 0.5) is 5.82 Å². The van der Waals surface area contributed by atoms with Gasteiger partial charge in [-0.25, -0.2) is 14.5 Å². The van der Waals surface area contributed by atoms with Gasteiger partial charge in [0.2, 0.25) is 5.79 Å². The maximum Gasteiger partial charge on any atom is 0.242 e. The topological polar surface area (TPSA) is 126 Å². The molecule has 1 aliphatic rings. The summed E-state index contributed by atoms with van der Waals surface area (Å²) >= 11 is 0. The minimum absolute atomic E-state index is 0.149. The number of fused-ring (bicyclic) bond motifs is 1. The van der Waals surface area contributed by atoms with Gasteiger partial charge in [0.15, 0.2) is 11.5 Å². The zero-order valence-electron chi connectivity index (χ0n) is 22.3. The van der Waals surface area contributed by atoms with E-state index in [1.807, 2.05) is 91.0 Å². The Bertz CT molecular complexity index is 1550. The molecule has 0 bridgehead atoms. The standard InChI is InChI=1S/C31H31N5O5/c32-29-30-33-16-26(36(30)35-21-34-29)31(37)28(40-19-24-14-8-3-9-15-24)27(39-18-23-12-6-2-7-13-23)25(41-31)20-38-17-22-10-4-1-5-11-22/h1-16,21,25,27-28,37H,17-20H2,(H2,32,34,35)/t25-,27-,28-,31?/m1/s1. The van der Waals surface area contributed by atoms with Crippen molar-refractivity contribution in [1.29, 1.82) is 0 Å². The van der Waals surface area contributed by atoms with Crippen molar-refractivity contribution in [2.45, 2.75) is 43.9 Å². The van der Waals surface area contributed by atoms with Gasteiger partial charge in [-0.05, 0) is 16.7 Å². The molecule has 4 atom stereocenters. The van der Waals surface area contributed by atoms with E-state index in [1.54, 1.807) is 0 Å². The Hall–Kier alpha value is -4.19. The molecule has 3 N–H and O–H groups in total. The second-order valence-corrected chi connectivity index (χ2v) is 9.86. The summed E-state index contributed by atoms with van der Waals surface area (Å²) in [6.45, 7) is 1.02. The lowest BCUT2D eigenvalue weighted by molar-refractivity contribution is -0.256. The second-order valence-electron chi connectivity index (χ2n) is 9.86. The Morgan fingerprint density at radius 2 is 1.39 bits per heavy atom. The number of anilines is 1. The van der Waals surface area contributed by atoms with Gasteiger partial charge in [-0.2, -0.15) is 5.10 Å². The predicted octanol–water partition coefficient (Wildman–Crippen LogP) is 3.64. The average molecular weight is 554 g/mol. The highest BCUT2D eigenvalue weighted by Crippen LogP contribution is 2.42. The first kappa shape index (κ1) is 27.0. The van der Waals surface area contributed by atoms with Gasteiger partial charge in [0.05, 0.1) is 32.6 Å². The molecule has 6 rings (SSSR count). The molecule has 1 aliphatic heterocycles. The predicted molar refractivity (Wildman–Crippen MR) is 150 cm³/mol. The first-order valence-corrected chi connectivity index (χ1v) is 13.4. The molecule has 1 fully saturated rings. The van der Waals surface area contributed by atoms with E-state index in [4.69, 9.17) is 24.7 Å².